The summed E-state index contributed by atoms with van der Waals surface area (Å²) in [7, 11) is 0. The fraction of sp³-hybridized carbons (Fsp3) is 0.333. The van der Waals surface area contributed by atoms with Crippen molar-refractivity contribution in [1.29, 1.82) is 0 Å². The van der Waals surface area contributed by atoms with E-state index in [0.717, 1.165) is 34.3 Å². The van der Waals surface area contributed by atoms with E-state index in [1.807, 2.05) is 31.2 Å². The van der Waals surface area contributed by atoms with Crippen LogP contribution in [0.1, 0.15) is 35.9 Å². The van der Waals surface area contributed by atoms with Gasteiger partial charge in [0.15, 0.2) is 0 Å². The highest BCUT2D eigenvalue weighted by Crippen LogP contribution is 2.29. The van der Waals surface area contributed by atoms with Gasteiger partial charge in [-0.05, 0) is 50.3 Å². The monoisotopic (exact) mass is 305 g/mol. The van der Waals surface area contributed by atoms with Crippen molar-refractivity contribution in [3.8, 4) is 0 Å². The third kappa shape index (κ3) is 3.02. The van der Waals surface area contributed by atoms with E-state index in [4.69, 9.17) is 11.6 Å². The Kier molecular flexibility index (Phi) is 4.03. The molecule has 0 atom stereocenters. The molecule has 20 heavy (non-hydrogen) atoms. The molecule has 0 unspecified atom stereocenters. The first-order valence-electron chi connectivity index (χ1n) is 6.77. The van der Waals surface area contributed by atoms with E-state index >= 15 is 0 Å². The van der Waals surface area contributed by atoms with Crippen LogP contribution in [0.3, 0.4) is 0 Å². The summed E-state index contributed by atoms with van der Waals surface area (Å²) in [6, 6.07) is 7.68. The van der Waals surface area contributed by atoms with Crippen molar-refractivity contribution < 1.29 is 0 Å². The molecule has 0 radical (unpaired) electrons. The highest BCUT2D eigenvalue weighted by molar-refractivity contribution is 7.15. The fourth-order valence-corrected chi connectivity index (χ4v) is 3.41. The molecule has 2 aromatic rings. The molecule has 5 heteroatoms. The average molecular weight is 306 g/mol. The first-order valence-corrected chi connectivity index (χ1v) is 7.96. The third-order valence-electron chi connectivity index (χ3n) is 3.43. The maximum atomic E-state index is 5.88. The topological polar surface area (TPSA) is 37.3 Å². The Morgan fingerprint density at radius 1 is 1.25 bits per heavy atom. The molecule has 1 heterocycles. The van der Waals surface area contributed by atoms with Crippen molar-refractivity contribution >= 4 is 33.8 Å². The molecule has 1 aliphatic carbocycles. The smallest absolute Gasteiger partial charge is 0.203 e. The molecule has 1 N–H and O–H groups in total. The zero-order valence-corrected chi connectivity index (χ0v) is 12.9. The van der Waals surface area contributed by atoms with Gasteiger partial charge in [0.2, 0.25) is 5.13 Å². The number of anilines is 1. The summed E-state index contributed by atoms with van der Waals surface area (Å²) in [6.45, 7) is 1.98. The molecule has 0 amide bonds. The highest BCUT2D eigenvalue weighted by Gasteiger charge is 2.14. The first kappa shape index (κ1) is 13.6. The zero-order valence-electron chi connectivity index (χ0n) is 11.3. The Morgan fingerprint density at radius 3 is 2.75 bits per heavy atom. The molecule has 1 aliphatic rings. The van der Waals surface area contributed by atoms with Gasteiger partial charge in [0, 0.05) is 9.90 Å². The van der Waals surface area contributed by atoms with Gasteiger partial charge in [0.25, 0.3) is 0 Å². The standard InChI is InChI=1S/C15H16ClN3S/c1-10(11-6-8-12(16)9-7-11)18-19-15-17-13-4-2-3-5-14(13)20-15/h6-9H,2-5H2,1H3,(H,17,19). The molecule has 3 nitrogen and oxygen atoms in total. The highest BCUT2D eigenvalue weighted by atomic mass is 35.5. The van der Waals surface area contributed by atoms with Gasteiger partial charge in [-0.1, -0.05) is 23.7 Å². The molecule has 0 bridgehead atoms. The van der Waals surface area contributed by atoms with Crippen LogP contribution < -0.4 is 5.43 Å². The van der Waals surface area contributed by atoms with E-state index in [2.05, 4.69) is 15.5 Å². The van der Waals surface area contributed by atoms with E-state index < -0.39 is 0 Å². The maximum Gasteiger partial charge on any atom is 0.203 e. The number of nitrogens with zero attached hydrogens (tertiary/aromatic N) is 2. The lowest BCUT2D eigenvalue weighted by molar-refractivity contribution is 0.682. The molecular formula is C15H16ClN3S. The number of thiazole rings is 1. The molecule has 0 saturated carbocycles. The van der Waals surface area contributed by atoms with Crippen LogP contribution in [0, 0.1) is 0 Å². The fourth-order valence-electron chi connectivity index (χ4n) is 2.29. The van der Waals surface area contributed by atoms with Gasteiger partial charge in [-0.2, -0.15) is 5.10 Å². The van der Waals surface area contributed by atoms with Crippen LogP contribution in [0.25, 0.3) is 0 Å². The van der Waals surface area contributed by atoms with Crippen LogP contribution in [0.2, 0.25) is 5.02 Å². The van der Waals surface area contributed by atoms with Gasteiger partial charge < -0.3 is 0 Å². The minimum absolute atomic E-state index is 0.738. The van der Waals surface area contributed by atoms with Crippen LogP contribution in [0.5, 0.6) is 0 Å². The minimum atomic E-state index is 0.738. The summed E-state index contributed by atoms with van der Waals surface area (Å²) in [5, 5.41) is 6.04. The molecular weight excluding hydrogens is 290 g/mol. The molecule has 3 rings (SSSR count). The second-order valence-electron chi connectivity index (χ2n) is 4.91. The van der Waals surface area contributed by atoms with Gasteiger partial charge in [-0.15, -0.1) is 11.3 Å². The van der Waals surface area contributed by atoms with Crippen LogP contribution in [-0.4, -0.2) is 10.7 Å². The Hall–Kier alpha value is -1.39. The summed E-state index contributed by atoms with van der Waals surface area (Å²) < 4.78 is 0. The lowest BCUT2D eigenvalue weighted by atomic mass is 10.0. The van der Waals surface area contributed by atoms with Crippen molar-refractivity contribution in [1.82, 2.24) is 4.98 Å². The normalized spacial score (nSPS) is 15.0. The van der Waals surface area contributed by atoms with E-state index in [1.165, 1.54) is 23.4 Å². The van der Waals surface area contributed by atoms with E-state index in [1.54, 1.807) is 11.3 Å². The van der Waals surface area contributed by atoms with E-state index in [0.29, 0.717) is 0 Å². The number of fused-ring (bicyclic) bond motifs is 1. The number of nitrogens with one attached hydrogen (secondary N) is 1. The summed E-state index contributed by atoms with van der Waals surface area (Å²) in [6.07, 6.45) is 4.80. The summed E-state index contributed by atoms with van der Waals surface area (Å²) in [4.78, 5) is 6.02. The SMILES string of the molecule is CC(=NNc1nc2c(s1)CCCC2)c1ccc(Cl)cc1. The predicted octanol–water partition coefficient (Wildman–Crippen LogP) is 4.51. The van der Waals surface area contributed by atoms with Gasteiger partial charge in [0.1, 0.15) is 0 Å². The van der Waals surface area contributed by atoms with Crippen molar-refractivity contribution in [3.05, 3.63) is 45.4 Å². The van der Waals surface area contributed by atoms with Gasteiger partial charge in [-0.3, -0.25) is 5.43 Å². The second kappa shape index (κ2) is 5.94. The quantitative estimate of drug-likeness (QED) is 0.669. The van der Waals surface area contributed by atoms with Crippen molar-refractivity contribution in [3.63, 3.8) is 0 Å². The van der Waals surface area contributed by atoms with Crippen LogP contribution in [0.15, 0.2) is 29.4 Å². The van der Waals surface area contributed by atoms with E-state index in [-0.39, 0.29) is 0 Å². The zero-order chi connectivity index (χ0) is 13.9. The number of aromatic nitrogens is 1. The number of halogens is 1. The third-order valence-corrected chi connectivity index (χ3v) is 4.74. The predicted molar refractivity (Wildman–Crippen MR) is 86.0 cm³/mol. The number of aryl methyl sites for hydroxylation is 2. The lowest BCUT2D eigenvalue weighted by Crippen LogP contribution is -2.00. The van der Waals surface area contributed by atoms with Gasteiger partial charge in [0.05, 0.1) is 11.4 Å². The Morgan fingerprint density at radius 2 is 2.00 bits per heavy atom. The van der Waals surface area contributed by atoms with Crippen molar-refractivity contribution in [2.75, 3.05) is 5.43 Å². The van der Waals surface area contributed by atoms with Crippen LogP contribution in [-0.2, 0) is 12.8 Å². The summed E-state index contributed by atoms with van der Waals surface area (Å²) >= 11 is 7.61. The van der Waals surface area contributed by atoms with Gasteiger partial charge >= 0.3 is 0 Å². The Balaban J connectivity index is 1.72. The average Bonchev–Trinajstić information content (AvgIpc) is 2.88. The Labute approximate surface area is 127 Å². The molecule has 104 valence electrons. The molecule has 1 aromatic carbocycles. The number of hydrogen-bond acceptors (Lipinski definition) is 4. The molecule has 1 aromatic heterocycles. The molecule has 0 saturated heterocycles. The minimum Gasteiger partial charge on any atom is -0.252 e. The van der Waals surface area contributed by atoms with E-state index in [9.17, 15) is 0 Å². The lowest BCUT2D eigenvalue weighted by Gasteiger charge is -2.06. The van der Waals surface area contributed by atoms with Crippen molar-refractivity contribution in [2.24, 2.45) is 5.10 Å². The molecule has 0 fully saturated rings. The summed E-state index contributed by atoms with van der Waals surface area (Å²) in [5.41, 5.74) is 6.31. The number of rotatable bonds is 3. The first-order chi connectivity index (χ1) is 9.72. The maximum absolute atomic E-state index is 5.88. The van der Waals surface area contributed by atoms with Crippen LogP contribution in [0.4, 0.5) is 5.13 Å². The second-order valence-corrected chi connectivity index (χ2v) is 6.43. The molecule has 0 aliphatic heterocycles. The summed E-state index contributed by atoms with van der Waals surface area (Å²) in [5.74, 6) is 0. The van der Waals surface area contributed by atoms with Gasteiger partial charge in [-0.25, -0.2) is 4.98 Å². The number of hydrogen-bond donors (Lipinski definition) is 1. The number of benzene rings is 1. The molecule has 0 spiro atoms. The largest absolute Gasteiger partial charge is 0.252 e. The number of hydrazone groups is 1. The van der Waals surface area contributed by atoms with Crippen LogP contribution >= 0.6 is 22.9 Å². The van der Waals surface area contributed by atoms with Crippen molar-refractivity contribution in [2.45, 2.75) is 32.6 Å². The Bertz CT molecular complexity index is 608.